The average Bonchev–Trinajstić information content (AvgIpc) is 3.20. The first-order valence-electron chi connectivity index (χ1n) is 8.34. The van der Waals surface area contributed by atoms with E-state index in [1.54, 1.807) is 0 Å². The Kier molecular flexibility index (Phi) is 6.83. The summed E-state index contributed by atoms with van der Waals surface area (Å²) in [6.07, 6.45) is -5.30. The number of nitrogens with zero attached hydrogens (tertiary/aromatic N) is 3. The van der Waals surface area contributed by atoms with Crippen LogP contribution in [0.1, 0.15) is 5.56 Å². The molecule has 0 aliphatic carbocycles. The van der Waals surface area contributed by atoms with Gasteiger partial charge in [0.05, 0.1) is 6.54 Å². The van der Waals surface area contributed by atoms with Gasteiger partial charge in [0.2, 0.25) is 0 Å². The molecule has 0 N–H and O–H groups in total. The molecule has 0 bridgehead atoms. The zero-order valence-corrected chi connectivity index (χ0v) is 16.9. The van der Waals surface area contributed by atoms with Gasteiger partial charge < -0.3 is 4.18 Å². The summed E-state index contributed by atoms with van der Waals surface area (Å²) in [4.78, 5) is 3.57. The van der Waals surface area contributed by atoms with Crippen LogP contribution in [0.3, 0.4) is 0 Å². The smallest absolute Gasteiger partial charge is 0.378 e. The summed E-state index contributed by atoms with van der Waals surface area (Å²) in [7, 11) is -7.41. The van der Waals surface area contributed by atoms with Crippen molar-refractivity contribution in [2.24, 2.45) is 0 Å². The molecule has 198 valence electrons. The van der Waals surface area contributed by atoms with Crippen LogP contribution in [0.5, 0.6) is 5.75 Å². The SMILES string of the molecule is O=S(=O)(Oc1ccc(Cn2cncn2)cc1)C(F)(F)C(F)(F)C(F)(F)C(F)(F)C(F)(F)C(F)(F)F. The number of halogens is 13. The van der Waals surface area contributed by atoms with E-state index in [-0.39, 0.29) is 12.1 Å². The van der Waals surface area contributed by atoms with E-state index in [1.165, 1.54) is 11.0 Å². The number of alkyl halides is 13. The highest BCUT2D eigenvalue weighted by atomic mass is 32.2. The molecule has 20 heteroatoms. The Labute approximate surface area is 185 Å². The van der Waals surface area contributed by atoms with Gasteiger partial charge in [-0.15, -0.1) is 0 Å². The lowest BCUT2D eigenvalue weighted by Crippen LogP contribution is -2.71. The van der Waals surface area contributed by atoms with Gasteiger partial charge in [-0.1, -0.05) is 12.1 Å². The molecule has 0 atom stereocenters. The maximum Gasteiger partial charge on any atom is 0.460 e. The van der Waals surface area contributed by atoms with E-state index in [4.69, 9.17) is 0 Å². The van der Waals surface area contributed by atoms with Crippen LogP contribution in [0.4, 0.5) is 57.1 Å². The van der Waals surface area contributed by atoms with E-state index in [0.717, 1.165) is 18.5 Å². The molecule has 0 aliphatic rings. The van der Waals surface area contributed by atoms with E-state index in [9.17, 15) is 65.5 Å². The molecule has 0 spiro atoms. The number of aromatic nitrogens is 3. The van der Waals surface area contributed by atoms with Gasteiger partial charge in [0.1, 0.15) is 18.4 Å². The number of hydrogen-bond donors (Lipinski definition) is 0. The van der Waals surface area contributed by atoms with Gasteiger partial charge in [0.15, 0.2) is 0 Å². The molecular formula is C15H8F13N3O3S. The fraction of sp³-hybridized carbons (Fsp3) is 0.467. The van der Waals surface area contributed by atoms with Crippen molar-refractivity contribution < 1.29 is 69.7 Å². The molecule has 0 aliphatic heterocycles. The Morgan fingerprint density at radius 3 is 1.66 bits per heavy atom. The first kappa shape index (κ1) is 28.4. The number of hydrogen-bond acceptors (Lipinski definition) is 5. The second-order valence-corrected chi connectivity index (χ2v) is 8.17. The Bertz CT molecular complexity index is 1130. The summed E-state index contributed by atoms with van der Waals surface area (Å²) in [6, 6.07) is 2.89. The van der Waals surface area contributed by atoms with Crippen LogP contribution in [0.15, 0.2) is 36.9 Å². The summed E-state index contributed by atoms with van der Waals surface area (Å²) < 4.78 is 198. The van der Waals surface area contributed by atoms with Crippen LogP contribution in [-0.2, 0) is 16.7 Å². The zero-order chi connectivity index (χ0) is 27.3. The summed E-state index contributed by atoms with van der Waals surface area (Å²) in [5, 5.41) is -3.77. The van der Waals surface area contributed by atoms with Crippen molar-refractivity contribution in [1.29, 1.82) is 0 Å². The molecule has 0 saturated heterocycles. The minimum absolute atomic E-state index is 0.0595. The summed E-state index contributed by atoms with van der Waals surface area (Å²) in [5.41, 5.74) is 0.234. The van der Waals surface area contributed by atoms with E-state index >= 15 is 0 Å². The first-order chi connectivity index (χ1) is 15.5. The fourth-order valence-electron chi connectivity index (χ4n) is 2.24. The highest BCUT2D eigenvalue weighted by Gasteiger charge is 2.93. The fourth-order valence-corrected chi connectivity index (χ4v) is 3.15. The lowest BCUT2D eigenvalue weighted by Gasteiger charge is -2.38. The molecule has 2 aromatic rings. The topological polar surface area (TPSA) is 74.1 Å². The van der Waals surface area contributed by atoms with Crippen molar-refractivity contribution in [2.75, 3.05) is 0 Å². The van der Waals surface area contributed by atoms with E-state index < -0.39 is 51.0 Å². The lowest BCUT2D eigenvalue weighted by atomic mass is 9.98. The molecule has 0 amide bonds. The lowest BCUT2D eigenvalue weighted by molar-refractivity contribution is -0.433. The number of benzene rings is 1. The summed E-state index contributed by atoms with van der Waals surface area (Å²) in [6.45, 7) is -0.0595. The standard InChI is InChI=1S/C15H8F13N3O3S/c16-10(17,12(20,21)14(24,25)26)11(18,19)13(22,23)15(27,28)35(32,33)34-9-3-1-8(2-4-9)5-31-7-29-6-30-31/h1-4,6-7H,5H2. The highest BCUT2D eigenvalue weighted by Crippen LogP contribution is 2.61. The molecule has 1 heterocycles. The van der Waals surface area contributed by atoms with Crippen molar-refractivity contribution in [3.8, 4) is 5.75 Å². The summed E-state index contributed by atoms with van der Waals surface area (Å²) >= 11 is 0. The molecule has 1 aromatic heterocycles. The minimum Gasteiger partial charge on any atom is -0.378 e. The van der Waals surface area contributed by atoms with Gasteiger partial charge in [-0.2, -0.15) is 70.6 Å². The predicted octanol–water partition coefficient (Wildman–Crippen LogP) is 4.73. The third-order valence-electron chi connectivity index (χ3n) is 4.16. The summed E-state index contributed by atoms with van der Waals surface area (Å²) in [5.74, 6) is -33.8. The second kappa shape index (κ2) is 8.40. The molecule has 2 rings (SSSR count). The Balaban J connectivity index is 2.39. The van der Waals surface area contributed by atoms with Gasteiger partial charge in [0, 0.05) is 0 Å². The van der Waals surface area contributed by atoms with Crippen LogP contribution in [0, 0.1) is 0 Å². The van der Waals surface area contributed by atoms with Crippen molar-refractivity contribution >= 4 is 10.1 Å². The second-order valence-electron chi connectivity index (χ2n) is 6.59. The molecular weight excluding hydrogens is 549 g/mol. The molecule has 35 heavy (non-hydrogen) atoms. The highest BCUT2D eigenvalue weighted by molar-refractivity contribution is 7.88. The monoisotopic (exact) mass is 557 g/mol. The van der Waals surface area contributed by atoms with Crippen LogP contribution < -0.4 is 4.18 Å². The van der Waals surface area contributed by atoms with Gasteiger partial charge in [-0.25, -0.2) is 9.67 Å². The first-order valence-corrected chi connectivity index (χ1v) is 9.75. The third-order valence-corrected chi connectivity index (χ3v) is 5.46. The zero-order valence-electron chi connectivity index (χ0n) is 16.1. The molecule has 0 saturated carbocycles. The van der Waals surface area contributed by atoms with Crippen LogP contribution in [0.2, 0.25) is 0 Å². The maximum absolute atomic E-state index is 13.9. The van der Waals surface area contributed by atoms with Crippen LogP contribution in [0.25, 0.3) is 0 Å². The van der Waals surface area contributed by atoms with Crippen LogP contribution in [-0.4, -0.2) is 58.3 Å². The number of rotatable bonds is 9. The molecule has 6 nitrogen and oxygen atoms in total. The van der Waals surface area contributed by atoms with Gasteiger partial charge in [-0.3, -0.25) is 0 Å². The molecule has 0 unspecified atom stereocenters. The van der Waals surface area contributed by atoms with Crippen molar-refractivity contribution in [2.45, 2.75) is 41.7 Å². The van der Waals surface area contributed by atoms with Gasteiger partial charge in [-0.05, 0) is 17.7 Å². The van der Waals surface area contributed by atoms with Crippen molar-refractivity contribution in [3.63, 3.8) is 0 Å². The average molecular weight is 557 g/mol. The van der Waals surface area contributed by atoms with E-state index in [1.807, 2.05) is 0 Å². The molecule has 0 radical (unpaired) electrons. The maximum atomic E-state index is 13.9. The third kappa shape index (κ3) is 4.46. The minimum atomic E-state index is -8.26. The van der Waals surface area contributed by atoms with E-state index in [2.05, 4.69) is 14.3 Å². The molecule has 0 fully saturated rings. The quantitative estimate of drug-likeness (QED) is 0.330. The Morgan fingerprint density at radius 2 is 1.23 bits per heavy atom. The normalized spacial score (nSPS) is 14.8. The van der Waals surface area contributed by atoms with Crippen molar-refractivity contribution in [3.05, 3.63) is 42.5 Å². The molecule has 1 aromatic carbocycles. The predicted molar refractivity (Wildman–Crippen MR) is 85.9 cm³/mol. The largest absolute Gasteiger partial charge is 0.460 e. The van der Waals surface area contributed by atoms with Gasteiger partial charge >= 0.3 is 45.2 Å². The Hall–Kier alpha value is -2.80. The van der Waals surface area contributed by atoms with Crippen molar-refractivity contribution in [1.82, 2.24) is 14.8 Å². The van der Waals surface area contributed by atoms with Crippen LogP contribution >= 0.6 is 0 Å². The van der Waals surface area contributed by atoms with E-state index in [0.29, 0.717) is 12.1 Å². The Morgan fingerprint density at radius 1 is 0.743 bits per heavy atom. The van der Waals surface area contributed by atoms with Gasteiger partial charge in [0.25, 0.3) is 0 Å².